The van der Waals surface area contributed by atoms with Gasteiger partial charge in [0.25, 0.3) is 11.5 Å². The molecular weight excluding hydrogens is 501 g/mol. The van der Waals surface area contributed by atoms with Gasteiger partial charge in [-0.2, -0.15) is 4.37 Å². The molecule has 1 amide bonds. The lowest BCUT2D eigenvalue weighted by atomic mass is 10.1. The van der Waals surface area contributed by atoms with Gasteiger partial charge in [-0.05, 0) is 54.9 Å². The Hall–Kier alpha value is -4.20. The molecule has 0 radical (unpaired) electrons. The third-order valence-electron chi connectivity index (χ3n) is 6.27. The molecule has 4 heterocycles. The average molecular weight is 522 g/mol. The van der Waals surface area contributed by atoms with Crippen molar-refractivity contribution in [3.8, 4) is 5.69 Å². The second-order valence-corrected chi connectivity index (χ2v) is 9.39. The van der Waals surface area contributed by atoms with Crippen molar-refractivity contribution in [3.63, 3.8) is 0 Å². The van der Waals surface area contributed by atoms with E-state index in [-0.39, 0.29) is 24.8 Å². The number of hydrogen-bond acceptors (Lipinski definition) is 9. The molecule has 188 valence electrons. The molecule has 1 aliphatic heterocycles. The molecule has 13 heteroatoms. The standard InChI is InChI=1S/C24H20FN7O4S/c1-11-10-16(29-32(11)13-4-2-12(25)3-5-13)31-8-9-36-19(24(31)35)18(33)22-27-15-7-6-14-20(37-30-21(14)26)17(15)23(34)28-22/h2-7,10,18-19,33H,8-9H2,1H3,(H2,26,30)(H,27,28,34). The van der Waals surface area contributed by atoms with Crippen molar-refractivity contribution in [2.45, 2.75) is 19.1 Å². The van der Waals surface area contributed by atoms with Crippen LogP contribution >= 0.6 is 11.5 Å². The minimum Gasteiger partial charge on any atom is -0.382 e. The maximum Gasteiger partial charge on any atom is 0.260 e. The smallest absolute Gasteiger partial charge is 0.260 e. The Morgan fingerprint density at radius 1 is 1.24 bits per heavy atom. The average Bonchev–Trinajstić information content (AvgIpc) is 3.46. The molecule has 2 aromatic carbocycles. The molecule has 2 unspecified atom stereocenters. The van der Waals surface area contributed by atoms with Crippen molar-refractivity contribution < 1.29 is 19.0 Å². The number of aliphatic hydroxyl groups is 1. The number of nitrogens with zero attached hydrogens (tertiary/aromatic N) is 5. The normalized spacial score (nSPS) is 17.1. The van der Waals surface area contributed by atoms with Gasteiger partial charge in [-0.25, -0.2) is 14.1 Å². The quantitative estimate of drug-likeness (QED) is 0.326. The number of H-pyrrole nitrogens is 1. The molecule has 0 spiro atoms. The molecular formula is C24H20FN7O4S. The monoisotopic (exact) mass is 521 g/mol. The van der Waals surface area contributed by atoms with Crippen LogP contribution in [0.15, 0.2) is 47.3 Å². The number of benzene rings is 2. The van der Waals surface area contributed by atoms with Crippen LogP contribution in [0.3, 0.4) is 0 Å². The van der Waals surface area contributed by atoms with Crippen LogP contribution in [0.5, 0.6) is 0 Å². The number of carbonyl (C=O) groups excluding carboxylic acids is 1. The van der Waals surface area contributed by atoms with Gasteiger partial charge in [0.2, 0.25) is 0 Å². The number of carbonyl (C=O) groups is 1. The summed E-state index contributed by atoms with van der Waals surface area (Å²) in [5, 5.41) is 16.5. The summed E-state index contributed by atoms with van der Waals surface area (Å²) < 4.78 is 25.2. The number of anilines is 2. The van der Waals surface area contributed by atoms with Crippen molar-refractivity contribution in [3.05, 3.63) is 70.2 Å². The molecule has 6 rings (SSSR count). The number of nitrogens with one attached hydrogen (secondary N) is 1. The maximum absolute atomic E-state index is 13.4. The third kappa shape index (κ3) is 3.84. The van der Waals surface area contributed by atoms with Gasteiger partial charge in [0, 0.05) is 17.1 Å². The van der Waals surface area contributed by atoms with E-state index in [0.717, 1.165) is 17.2 Å². The summed E-state index contributed by atoms with van der Waals surface area (Å²) in [6, 6.07) is 10.9. The topological polar surface area (TPSA) is 152 Å². The van der Waals surface area contributed by atoms with Gasteiger partial charge in [-0.1, -0.05) is 0 Å². The van der Waals surface area contributed by atoms with Gasteiger partial charge in [0.15, 0.2) is 11.9 Å². The van der Waals surface area contributed by atoms with Crippen LogP contribution in [0.25, 0.3) is 26.7 Å². The molecule has 5 aromatic rings. The highest BCUT2D eigenvalue weighted by molar-refractivity contribution is 7.14. The summed E-state index contributed by atoms with van der Waals surface area (Å²) in [4.78, 5) is 34.7. The minimum absolute atomic E-state index is 0.0949. The number of nitrogens with two attached hydrogens (primary N) is 1. The van der Waals surface area contributed by atoms with Crippen LogP contribution in [0.2, 0.25) is 0 Å². The largest absolute Gasteiger partial charge is 0.382 e. The van der Waals surface area contributed by atoms with Crippen LogP contribution in [0.1, 0.15) is 17.6 Å². The molecule has 11 nitrogen and oxygen atoms in total. The Kier molecular flexibility index (Phi) is 5.47. The summed E-state index contributed by atoms with van der Waals surface area (Å²) in [6.45, 7) is 2.16. The predicted octanol–water partition coefficient (Wildman–Crippen LogP) is 2.21. The highest BCUT2D eigenvalue weighted by Crippen LogP contribution is 2.31. The first kappa shape index (κ1) is 23.2. The van der Waals surface area contributed by atoms with Gasteiger partial charge in [-0.15, -0.1) is 5.10 Å². The first-order chi connectivity index (χ1) is 17.8. The number of fused-ring (bicyclic) bond motifs is 3. The Labute approximate surface area is 212 Å². The molecule has 37 heavy (non-hydrogen) atoms. The van der Waals surface area contributed by atoms with Gasteiger partial charge in [0.05, 0.1) is 34.4 Å². The molecule has 1 fully saturated rings. The van der Waals surface area contributed by atoms with E-state index in [1.807, 2.05) is 6.92 Å². The van der Waals surface area contributed by atoms with Crippen molar-refractivity contribution in [2.24, 2.45) is 0 Å². The third-order valence-corrected chi connectivity index (χ3v) is 7.16. The number of aliphatic hydroxyl groups excluding tert-OH is 1. The van der Waals surface area contributed by atoms with Crippen LogP contribution in [0.4, 0.5) is 16.0 Å². The summed E-state index contributed by atoms with van der Waals surface area (Å²) in [7, 11) is 0. The van der Waals surface area contributed by atoms with Crippen molar-refractivity contribution in [1.29, 1.82) is 0 Å². The number of amides is 1. The Bertz CT molecular complexity index is 1730. The zero-order valence-corrected chi connectivity index (χ0v) is 20.2. The lowest BCUT2D eigenvalue weighted by Crippen LogP contribution is -2.50. The fourth-order valence-electron chi connectivity index (χ4n) is 4.44. The van der Waals surface area contributed by atoms with Gasteiger partial charge in [0.1, 0.15) is 23.6 Å². The van der Waals surface area contributed by atoms with E-state index in [0.29, 0.717) is 38.3 Å². The van der Waals surface area contributed by atoms with Crippen LogP contribution in [0, 0.1) is 12.7 Å². The lowest BCUT2D eigenvalue weighted by Gasteiger charge is -2.32. The SMILES string of the molecule is Cc1cc(N2CCOC(C(O)c3nc4ccc5c(N)nsc5c4c(=O)[nH]3)C2=O)nn1-c1ccc(F)cc1. The molecule has 1 saturated heterocycles. The Morgan fingerprint density at radius 2 is 2.03 bits per heavy atom. The van der Waals surface area contributed by atoms with Crippen LogP contribution < -0.4 is 16.2 Å². The fraction of sp³-hybridized carbons (Fsp3) is 0.208. The molecule has 0 saturated carbocycles. The maximum atomic E-state index is 13.4. The van der Waals surface area contributed by atoms with E-state index in [9.17, 15) is 19.1 Å². The molecule has 0 bridgehead atoms. The van der Waals surface area contributed by atoms with Crippen molar-refractivity contribution in [1.82, 2.24) is 24.1 Å². The number of rotatable bonds is 4. The summed E-state index contributed by atoms with van der Waals surface area (Å²) >= 11 is 1.09. The number of nitrogen functional groups attached to an aromatic ring is 1. The lowest BCUT2D eigenvalue weighted by molar-refractivity contribution is -0.143. The second kappa shape index (κ2) is 8.73. The number of hydrogen-bond donors (Lipinski definition) is 3. The van der Waals surface area contributed by atoms with Crippen molar-refractivity contribution in [2.75, 3.05) is 23.8 Å². The van der Waals surface area contributed by atoms with Gasteiger partial charge >= 0.3 is 0 Å². The van der Waals surface area contributed by atoms with Gasteiger partial charge in [-0.3, -0.25) is 14.5 Å². The first-order valence-electron chi connectivity index (χ1n) is 11.3. The highest BCUT2D eigenvalue weighted by atomic mass is 32.1. The Morgan fingerprint density at radius 3 is 2.81 bits per heavy atom. The predicted molar refractivity (Wildman–Crippen MR) is 135 cm³/mol. The molecule has 0 aliphatic carbocycles. The van der Waals surface area contributed by atoms with E-state index in [1.54, 1.807) is 35.0 Å². The number of aromatic nitrogens is 5. The minimum atomic E-state index is -1.53. The number of aromatic amines is 1. The number of ether oxygens (including phenoxy) is 1. The van der Waals surface area contributed by atoms with Crippen LogP contribution in [-0.2, 0) is 9.53 Å². The summed E-state index contributed by atoms with van der Waals surface area (Å²) in [5.41, 5.74) is 7.08. The Balaban J connectivity index is 1.31. The molecule has 1 aliphatic rings. The number of halogens is 1. The second-order valence-electron chi connectivity index (χ2n) is 8.61. The molecule has 3 aromatic heterocycles. The number of morpholine rings is 1. The van der Waals surface area contributed by atoms with E-state index in [2.05, 4.69) is 19.4 Å². The summed E-state index contributed by atoms with van der Waals surface area (Å²) in [5.74, 6) is -0.310. The molecule has 4 N–H and O–H groups in total. The zero-order valence-electron chi connectivity index (χ0n) is 19.4. The number of aryl methyl sites for hydroxylation is 1. The summed E-state index contributed by atoms with van der Waals surface area (Å²) in [6.07, 6.45) is -2.84. The van der Waals surface area contributed by atoms with Gasteiger partial charge < -0.3 is 20.6 Å². The van der Waals surface area contributed by atoms with Crippen molar-refractivity contribution >= 4 is 50.1 Å². The highest BCUT2D eigenvalue weighted by Gasteiger charge is 2.39. The van der Waals surface area contributed by atoms with Crippen LogP contribution in [-0.4, -0.2) is 54.4 Å². The molecule has 2 atom stereocenters. The van der Waals surface area contributed by atoms with E-state index >= 15 is 0 Å². The first-order valence-corrected chi connectivity index (χ1v) is 12.1. The zero-order chi connectivity index (χ0) is 25.8. The van der Waals surface area contributed by atoms with E-state index in [4.69, 9.17) is 10.5 Å². The van der Waals surface area contributed by atoms with E-state index in [1.165, 1.54) is 17.0 Å². The van der Waals surface area contributed by atoms with E-state index < -0.39 is 23.7 Å². The fourth-order valence-corrected chi connectivity index (χ4v) is 5.29.